The fourth-order valence-corrected chi connectivity index (χ4v) is 2.31. The second kappa shape index (κ2) is 6.97. The molecule has 1 aromatic carbocycles. The molecule has 1 fully saturated rings. The number of nitrogens with one attached hydrogen (secondary N) is 1. The summed E-state index contributed by atoms with van der Waals surface area (Å²) >= 11 is 0. The third-order valence-electron chi connectivity index (χ3n) is 3.85. The lowest BCUT2D eigenvalue weighted by atomic mass is 9.89. The van der Waals surface area contributed by atoms with E-state index in [1.165, 1.54) is 18.3 Å². The third-order valence-corrected chi connectivity index (χ3v) is 3.85. The van der Waals surface area contributed by atoms with Crippen LogP contribution in [0, 0.1) is 11.2 Å². The molecule has 24 heavy (non-hydrogen) atoms. The van der Waals surface area contributed by atoms with Crippen molar-refractivity contribution in [2.75, 3.05) is 19.8 Å². The van der Waals surface area contributed by atoms with Gasteiger partial charge in [-0.05, 0) is 24.3 Å². The van der Waals surface area contributed by atoms with Crippen LogP contribution in [0.2, 0.25) is 0 Å². The number of nitrogens with zero attached hydrogens (tertiary/aromatic N) is 1. The molecule has 0 radical (unpaired) electrons. The third kappa shape index (κ3) is 4.08. The molecule has 1 saturated heterocycles. The van der Waals surface area contributed by atoms with Crippen LogP contribution in [0.5, 0.6) is 5.75 Å². The highest BCUT2D eigenvalue weighted by molar-refractivity contribution is 5.93. The van der Waals surface area contributed by atoms with Crippen LogP contribution < -0.4 is 10.1 Å². The number of carbonyl (C=O) groups is 1. The summed E-state index contributed by atoms with van der Waals surface area (Å²) in [4.78, 5) is 16.3. The Morgan fingerprint density at radius 3 is 2.83 bits per heavy atom. The number of rotatable bonds is 6. The summed E-state index contributed by atoms with van der Waals surface area (Å²) < 4.78 is 23.7. The summed E-state index contributed by atoms with van der Waals surface area (Å²) in [5.41, 5.74) is 1.19. The van der Waals surface area contributed by atoms with E-state index in [2.05, 4.69) is 17.2 Å². The minimum Gasteiger partial charge on any atom is -0.487 e. The SMILES string of the molecule is CC1(CNC(=O)c2ccc(COc3cccc(F)c3)nc2)COC1. The van der Waals surface area contributed by atoms with Crippen LogP contribution in [0.25, 0.3) is 0 Å². The van der Waals surface area contributed by atoms with Crippen LogP contribution in [0.1, 0.15) is 23.0 Å². The quantitative estimate of drug-likeness (QED) is 0.884. The second-order valence-corrected chi connectivity index (χ2v) is 6.27. The van der Waals surface area contributed by atoms with Crippen LogP contribution >= 0.6 is 0 Å². The molecule has 0 bridgehead atoms. The van der Waals surface area contributed by atoms with E-state index in [4.69, 9.17) is 9.47 Å². The fourth-order valence-electron chi connectivity index (χ4n) is 2.31. The number of ether oxygens (including phenoxy) is 2. The first-order chi connectivity index (χ1) is 11.5. The molecule has 1 N–H and O–H groups in total. The number of benzene rings is 1. The molecule has 1 aliphatic heterocycles. The standard InChI is InChI=1S/C18H19FN2O3/c1-18(11-23-12-18)10-21-17(22)13-5-6-15(20-8-13)9-24-16-4-2-3-14(19)7-16/h2-8H,9-12H2,1H3,(H,21,22). The number of hydrogen-bond donors (Lipinski definition) is 1. The molecule has 3 rings (SSSR count). The zero-order valence-electron chi connectivity index (χ0n) is 13.4. The van der Waals surface area contributed by atoms with Gasteiger partial charge in [0.15, 0.2) is 0 Å². The molecule has 0 unspecified atom stereocenters. The van der Waals surface area contributed by atoms with Gasteiger partial charge in [0.1, 0.15) is 18.2 Å². The first kappa shape index (κ1) is 16.4. The summed E-state index contributed by atoms with van der Waals surface area (Å²) in [7, 11) is 0. The Labute approximate surface area is 139 Å². The topological polar surface area (TPSA) is 60.5 Å². The highest BCUT2D eigenvalue weighted by atomic mass is 19.1. The number of pyridine rings is 1. The highest BCUT2D eigenvalue weighted by Crippen LogP contribution is 2.25. The minimum absolute atomic E-state index is 0.0296. The highest BCUT2D eigenvalue weighted by Gasteiger charge is 2.33. The summed E-state index contributed by atoms with van der Waals surface area (Å²) in [5, 5.41) is 2.89. The second-order valence-electron chi connectivity index (χ2n) is 6.27. The lowest BCUT2D eigenvalue weighted by Gasteiger charge is -2.37. The van der Waals surface area contributed by atoms with E-state index in [1.54, 1.807) is 24.3 Å². The summed E-state index contributed by atoms with van der Waals surface area (Å²) in [5.74, 6) is -0.0687. The van der Waals surface area contributed by atoms with Gasteiger partial charge in [-0.3, -0.25) is 9.78 Å². The van der Waals surface area contributed by atoms with E-state index in [9.17, 15) is 9.18 Å². The predicted molar refractivity (Wildman–Crippen MR) is 86.2 cm³/mol. The van der Waals surface area contributed by atoms with Crippen molar-refractivity contribution in [1.29, 1.82) is 0 Å². The molecule has 6 heteroatoms. The average Bonchev–Trinajstić information content (AvgIpc) is 2.57. The van der Waals surface area contributed by atoms with Crippen LogP contribution in [0.15, 0.2) is 42.6 Å². The Morgan fingerprint density at radius 2 is 2.21 bits per heavy atom. The van der Waals surface area contributed by atoms with Gasteiger partial charge in [-0.1, -0.05) is 13.0 Å². The maximum absolute atomic E-state index is 13.1. The van der Waals surface area contributed by atoms with Gasteiger partial charge in [-0.15, -0.1) is 0 Å². The Morgan fingerprint density at radius 1 is 1.38 bits per heavy atom. The lowest BCUT2D eigenvalue weighted by Crippen LogP contribution is -2.48. The van der Waals surface area contributed by atoms with Crippen molar-refractivity contribution >= 4 is 5.91 Å². The van der Waals surface area contributed by atoms with Gasteiger partial charge >= 0.3 is 0 Å². The maximum Gasteiger partial charge on any atom is 0.252 e. The zero-order chi connectivity index (χ0) is 17.0. The molecule has 2 heterocycles. The van der Waals surface area contributed by atoms with Crippen molar-refractivity contribution in [1.82, 2.24) is 10.3 Å². The summed E-state index contributed by atoms with van der Waals surface area (Å²) in [6.45, 7) is 4.20. The molecule has 126 valence electrons. The van der Waals surface area contributed by atoms with Gasteiger partial charge in [0.05, 0.1) is 24.5 Å². The molecule has 1 aromatic heterocycles. The van der Waals surface area contributed by atoms with Crippen molar-refractivity contribution in [3.63, 3.8) is 0 Å². The van der Waals surface area contributed by atoms with Crippen molar-refractivity contribution < 1.29 is 18.7 Å². The number of halogens is 1. The molecule has 0 atom stereocenters. The van der Waals surface area contributed by atoms with Crippen LogP contribution in [0.3, 0.4) is 0 Å². The number of amides is 1. The molecule has 1 aliphatic rings. The van der Waals surface area contributed by atoms with Crippen LogP contribution in [0.4, 0.5) is 4.39 Å². The van der Waals surface area contributed by atoms with E-state index >= 15 is 0 Å². The lowest BCUT2D eigenvalue weighted by molar-refractivity contribution is -0.0978. The van der Waals surface area contributed by atoms with Crippen LogP contribution in [-0.2, 0) is 11.3 Å². The van der Waals surface area contributed by atoms with Gasteiger partial charge in [0, 0.05) is 24.2 Å². The number of hydrogen-bond acceptors (Lipinski definition) is 4. The molecular formula is C18H19FN2O3. The largest absolute Gasteiger partial charge is 0.487 e. The Balaban J connectivity index is 1.52. The van der Waals surface area contributed by atoms with Gasteiger partial charge in [-0.25, -0.2) is 4.39 Å². The smallest absolute Gasteiger partial charge is 0.252 e. The summed E-state index contributed by atoms with van der Waals surface area (Å²) in [6.07, 6.45) is 1.51. The Hall–Kier alpha value is -2.47. The van der Waals surface area contributed by atoms with E-state index in [-0.39, 0.29) is 23.7 Å². The van der Waals surface area contributed by atoms with Gasteiger partial charge in [0.2, 0.25) is 0 Å². The van der Waals surface area contributed by atoms with Gasteiger partial charge < -0.3 is 14.8 Å². The summed E-state index contributed by atoms with van der Waals surface area (Å²) in [6, 6.07) is 9.35. The van der Waals surface area contributed by atoms with E-state index in [0.717, 1.165) is 0 Å². The molecule has 1 amide bonds. The van der Waals surface area contributed by atoms with Crippen molar-refractivity contribution in [3.8, 4) is 5.75 Å². The predicted octanol–water partition coefficient (Wildman–Crippen LogP) is 2.57. The van der Waals surface area contributed by atoms with Crippen molar-refractivity contribution in [2.45, 2.75) is 13.5 Å². The maximum atomic E-state index is 13.1. The van der Waals surface area contributed by atoms with Gasteiger partial charge in [-0.2, -0.15) is 0 Å². The van der Waals surface area contributed by atoms with E-state index in [0.29, 0.717) is 36.8 Å². The first-order valence-corrected chi connectivity index (χ1v) is 7.73. The van der Waals surface area contributed by atoms with E-state index < -0.39 is 0 Å². The van der Waals surface area contributed by atoms with Crippen LogP contribution in [-0.4, -0.2) is 30.6 Å². The molecule has 0 spiro atoms. The van der Waals surface area contributed by atoms with E-state index in [1.807, 2.05) is 0 Å². The molecule has 0 saturated carbocycles. The monoisotopic (exact) mass is 330 g/mol. The Bertz CT molecular complexity index is 714. The normalized spacial score (nSPS) is 15.4. The van der Waals surface area contributed by atoms with Gasteiger partial charge in [0.25, 0.3) is 5.91 Å². The van der Waals surface area contributed by atoms with Crippen molar-refractivity contribution in [2.24, 2.45) is 5.41 Å². The number of aromatic nitrogens is 1. The Kier molecular flexibility index (Phi) is 4.76. The first-order valence-electron chi connectivity index (χ1n) is 7.73. The molecule has 2 aromatic rings. The minimum atomic E-state index is -0.349. The number of carbonyl (C=O) groups excluding carboxylic acids is 1. The molecule has 0 aliphatic carbocycles. The molecular weight excluding hydrogens is 311 g/mol. The molecule has 5 nitrogen and oxygen atoms in total. The fraction of sp³-hybridized carbons (Fsp3) is 0.333. The zero-order valence-corrected chi connectivity index (χ0v) is 13.4. The average molecular weight is 330 g/mol. The van der Waals surface area contributed by atoms with Crippen molar-refractivity contribution in [3.05, 3.63) is 59.7 Å².